The van der Waals surface area contributed by atoms with Crippen molar-refractivity contribution in [1.29, 1.82) is 0 Å². The van der Waals surface area contributed by atoms with E-state index >= 15 is 0 Å². The smallest absolute Gasteiger partial charge is 0.243 e. The lowest BCUT2D eigenvalue weighted by molar-refractivity contribution is 0.0678. The zero-order valence-corrected chi connectivity index (χ0v) is 14.4. The third-order valence-corrected chi connectivity index (χ3v) is 5.94. The van der Waals surface area contributed by atoms with E-state index in [0.717, 1.165) is 12.8 Å². The lowest BCUT2D eigenvalue weighted by Gasteiger charge is -2.22. The Bertz CT molecular complexity index is 565. The van der Waals surface area contributed by atoms with E-state index in [-0.39, 0.29) is 20.9 Å². The largest absolute Gasteiger partial charge is 0.381 e. The molecule has 1 aliphatic rings. The van der Waals surface area contributed by atoms with Crippen molar-refractivity contribution < 1.29 is 13.2 Å². The van der Waals surface area contributed by atoms with E-state index in [0.29, 0.717) is 24.2 Å². The minimum atomic E-state index is -3.71. The van der Waals surface area contributed by atoms with Gasteiger partial charge in [-0.1, -0.05) is 39.1 Å². The second-order valence-electron chi connectivity index (χ2n) is 4.61. The predicted molar refractivity (Wildman–Crippen MR) is 82.9 cm³/mol. The van der Waals surface area contributed by atoms with Gasteiger partial charge in [0.2, 0.25) is 10.0 Å². The van der Waals surface area contributed by atoms with Crippen molar-refractivity contribution in [2.75, 3.05) is 19.8 Å². The number of benzene rings is 1. The van der Waals surface area contributed by atoms with Crippen molar-refractivity contribution in [3.05, 3.63) is 26.7 Å². The average molecular weight is 403 g/mol. The first kappa shape index (κ1) is 16.5. The molecule has 20 heavy (non-hydrogen) atoms. The lowest BCUT2D eigenvalue weighted by atomic mass is 10.0. The number of hydrogen-bond acceptors (Lipinski definition) is 3. The third kappa shape index (κ3) is 4.08. The molecule has 1 aliphatic heterocycles. The molecule has 0 unspecified atom stereocenters. The van der Waals surface area contributed by atoms with Crippen LogP contribution in [0.25, 0.3) is 0 Å². The van der Waals surface area contributed by atoms with Crippen LogP contribution in [0, 0.1) is 5.92 Å². The first-order valence-corrected chi connectivity index (χ1v) is 9.15. The first-order valence-electron chi connectivity index (χ1n) is 6.12. The fourth-order valence-electron chi connectivity index (χ4n) is 2.04. The van der Waals surface area contributed by atoms with Crippen LogP contribution in [-0.2, 0) is 14.8 Å². The summed E-state index contributed by atoms with van der Waals surface area (Å²) in [4.78, 5) is -0.0731. The Morgan fingerprint density at radius 1 is 1.25 bits per heavy atom. The van der Waals surface area contributed by atoms with Crippen LogP contribution in [0.1, 0.15) is 12.8 Å². The first-order chi connectivity index (χ1) is 9.40. The second-order valence-corrected chi connectivity index (χ2v) is 8.04. The van der Waals surface area contributed by atoms with E-state index in [1.807, 2.05) is 0 Å². The van der Waals surface area contributed by atoms with Crippen molar-refractivity contribution >= 4 is 49.2 Å². The van der Waals surface area contributed by atoms with Gasteiger partial charge in [0.25, 0.3) is 0 Å². The summed E-state index contributed by atoms with van der Waals surface area (Å²) in [6.45, 7) is 1.72. The fourth-order valence-corrected chi connectivity index (χ4v) is 5.08. The highest BCUT2D eigenvalue weighted by molar-refractivity contribution is 9.10. The predicted octanol–water partition coefficient (Wildman–Crippen LogP) is 3.46. The third-order valence-electron chi connectivity index (χ3n) is 3.13. The van der Waals surface area contributed by atoms with E-state index in [1.54, 1.807) is 0 Å². The molecule has 1 saturated heterocycles. The topological polar surface area (TPSA) is 55.4 Å². The van der Waals surface area contributed by atoms with Crippen LogP contribution in [-0.4, -0.2) is 28.2 Å². The lowest BCUT2D eigenvalue weighted by Crippen LogP contribution is -2.32. The summed E-state index contributed by atoms with van der Waals surface area (Å²) in [6, 6.07) is 3.02. The Morgan fingerprint density at radius 2 is 1.80 bits per heavy atom. The number of sulfonamides is 1. The van der Waals surface area contributed by atoms with E-state index < -0.39 is 10.0 Å². The second kappa shape index (κ2) is 6.94. The number of ether oxygens (including phenoxy) is 1. The molecular formula is C12H14BrCl2NO3S. The zero-order chi connectivity index (χ0) is 14.8. The van der Waals surface area contributed by atoms with Crippen LogP contribution < -0.4 is 4.72 Å². The summed E-state index contributed by atoms with van der Waals surface area (Å²) in [7, 11) is -3.71. The molecule has 1 aromatic rings. The van der Waals surface area contributed by atoms with E-state index in [1.165, 1.54) is 12.1 Å². The van der Waals surface area contributed by atoms with Crippen LogP contribution in [0.2, 0.25) is 10.0 Å². The van der Waals surface area contributed by atoms with Gasteiger partial charge in [-0.05, 0) is 30.9 Å². The van der Waals surface area contributed by atoms with Gasteiger partial charge in [-0.3, -0.25) is 0 Å². The summed E-state index contributed by atoms with van der Waals surface area (Å²) in [5.41, 5.74) is 0. The summed E-state index contributed by atoms with van der Waals surface area (Å²) in [5.74, 6) is 0.284. The van der Waals surface area contributed by atoms with E-state index in [2.05, 4.69) is 20.7 Å². The van der Waals surface area contributed by atoms with Crippen molar-refractivity contribution in [3.8, 4) is 0 Å². The van der Waals surface area contributed by atoms with Crippen LogP contribution in [0.15, 0.2) is 21.5 Å². The molecule has 0 spiro atoms. The molecule has 4 nitrogen and oxygen atoms in total. The van der Waals surface area contributed by atoms with Gasteiger partial charge in [-0.25, -0.2) is 13.1 Å². The minimum absolute atomic E-state index is 0.0731. The SMILES string of the molecule is O=S(=O)(NCC1CCOCC1)c1c(Cl)cc(Br)cc1Cl. The Hall–Kier alpha value is 0.150. The maximum Gasteiger partial charge on any atom is 0.243 e. The Balaban J connectivity index is 2.14. The summed E-state index contributed by atoms with van der Waals surface area (Å²) < 4.78 is 33.1. The number of halogens is 3. The molecule has 112 valence electrons. The van der Waals surface area contributed by atoms with Gasteiger partial charge in [-0.15, -0.1) is 0 Å². The number of nitrogens with one attached hydrogen (secondary N) is 1. The molecule has 0 radical (unpaired) electrons. The van der Waals surface area contributed by atoms with Gasteiger partial charge >= 0.3 is 0 Å². The maximum atomic E-state index is 12.3. The Morgan fingerprint density at radius 3 is 2.35 bits per heavy atom. The molecule has 1 aromatic carbocycles. The van der Waals surface area contributed by atoms with Gasteiger partial charge in [0, 0.05) is 24.2 Å². The van der Waals surface area contributed by atoms with Gasteiger partial charge < -0.3 is 4.74 Å². The summed E-state index contributed by atoms with van der Waals surface area (Å²) in [5, 5.41) is 0.202. The molecule has 1 N–H and O–H groups in total. The van der Waals surface area contributed by atoms with Crippen LogP contribution in [0.5, 0.6) is 0 Å². The molecule has 0 bridgehead atoms. The molecule has 8 heteroatoms. The Labute approximate surface area is 137 Å². The van der Waals surface area contributed by atoms with Gasteiger partial charge in [0.05, 0.1) is 10.0 Å². The molecule has 0 saturated carbocycles. The van der Waals surface area contributed by atoms with Crippen LogP contribution in [0.3, 0.4) is 0 Å². The highest BCUT2D eigenvalue weighted by Crippen LogP contribution is 2.32. The van der Waals surface area contributed by atoms with E-state index in [4.69, 9.17) is 27.9 Å². The number of hydrogen-bond donors (Lipinski definition) is 1. The van der Waals surface area contributed by atoms with E-state index in [9.17, 15) is 8.42 Å². The monoisotopic (exact) mass is 401 g/mol. The van der Waals surface area contributed by atoms with Gasteiger partial charge in [0.15, 0.2) is 0 Å². The molecular weight excluding hydrogens is 389 g/mol. The van der Waals surface area contributed by atoms with Crippen molar-refractivity contribution in [2.45, 2.75) is 17.7 Å². The molecule has 0 atom stereocenters. The van der Waals surface area contributed by atoms with Crippen molar-refractivity contribution in [2.24, 2.45) is 5.92 Å². The van der Waals surface area contributed by atoms with Crippen LogP contribution >= 0.6 is 39.1 Å². The molecule has 0 aliphatic carbocycles. The number of rotatable bonds is 4. The highest BCUT2D eigenvalue weighted by Gasteiger charge is 2.24. The van der Waals surface area contributed by atoms with Gasteiger partial charge in [-0.2, -0.15) is 0 Å². The van der Waals surface area contributed by atoms with Crippen LogP contribution in [0.4, 0.5) is 0 Å². The van der Waals surface area contributed by atoms with Gasteiger partial charge in [0.1, 0.15) is 4.90 Å². The Kier molecular flexibility index (Phi) is 5.73. The normalized spacial score (nSPS) is 17.4. The fraction of sp³-hybridized carbons (Fsp3) is 0.500. The quantitative estimate of drug-likeness (QED) is 0.838. The molecule has 1 fully saturated rings. The molecule has 0 amide bonds. The zero-order valence-electron chi connectivity index (χ0n) is 10.5. The summed E-state index contributed by atoms with van der Waals surface area (Å²) in [6.07, 6.45) is 1.70. The molecule has 0 aromatic heterocycles. The standard InChI is InChI=1S/C12H14BrCl2NO3S/c13-9-5-10(14)12(11(15)6-9)20(17,18)16-7-8-1-3-19-4-2-8/h5-6,8,16H,1-4,7H2. The molecule has 2 rings (SSSR count). The molecule has 1 heterocycles. The maximum absolute atomic E-state index is 12.3. The highest BCUT2D eigenvalue weighted by atomic mass is 79.9. The average Bonchev–Trinajstić information content (AvgIpc) is 2.36. The van der Waals surface area contributed by atoms with Crippen molar-refractivity contribution in [1.82, 2.24) is 4.72 Å². The van der Waals surface area contributed by atoms with Crippen molar-refractivity contribution in [3.63, 3.8) is 0 Å². The summed E-state index contributed by atoms with van der Waals surface area (Å²) >= 11 is 15.2. The minimum Gasteiger partial charge on any atom is -0.381 e.